The van der Waals surface area contributed by atoms with Crippen LogP contribution in [-0.4, -0.2) is 17.4 Å². The van der Waals surface area contributed by atoms with Crippen molar-refractivity contribution in [1.29, 1.82) is 0 Å². The van der Waals surface area contributed by atoms with E-state index in [-0.39, 0.29) is 5.91 Å². The lowest BCUT2D eigenvalue weighted by Gasteiger charge is -2.27. The maximum absolute atomic E-state index is 12.5. The van der Waals surface area contributed by atoms with Crippen molar-refractivity contribution >= 4 is 51.4 Å². The van der Waals surface area contributed by atoms with Gasteiger partial charge in [-0.3, -0.25) is 4.79 Å². The fourth-order valence-corrected chi connectivity index (χ4v) is 4.25. The van der Waals surface area contributed by atoms with Gasteiger partial charge >= 0.3 is 0 Å². The van der Waals surface area contributed by atoms with E-state index in [1.807, 2.05) is 17.0 Å². The third-order valence-electron chi connectivity index (χ3n) is 3.26. The van der Waals surface area contributed by atoms with Crippen LogP contribution < -0.4 is 0 Å². The summed E-state index contributed by atoms with van der Waals surface area (Å²) in [5, 5.41) is 2.77. The lowest BCUT2D eigenvalue weighted by atomic mass is 10.1. The van der Waals surface area contributed by atoms with Crippen molar-refractivity contribution in [2.75, 3.05) is 6.54 Å². The summed E-state index contributed by atoms with van der Waals surface area (Å²) in [5.74, 6) is 0.0953. The highest BCUT2D eigenvalue weighted by Gasteiger charge is 2.23. The molecule has 1 aliphatic heterocycles. The Balaban J connectivity index is 1.85. The molecule has 1 aliphatic rings. The number of hydrogen-bond donors (Lipinski definition) is 0. The Hall–Kier alpha value is -0.590. The average molecular weight is 404 g/mol. The molecule has 5 heteroatoms. The van der Waals surface area contributed by atoms with Crippen molar-refractivity contribution in [3.05, 3.63) is 54.2 Å². The van der Waals surface area contributed by atoms with Crippen molar-refractivity contribution in [3.63, 3.8) is 0 Å². The fraction of sp³-hybridized carbons (Fsp3) is 0.214. The van der Waals surface area contributed by atoms with E-state index in [1.54, 1.807) is 17.4 Å². The Labute approximate surface area is 134 Å². The third-order valence-corrected chi connectivity index (χ3v) is 5.41. The van der Waals surface area contributed by atoms with E-state index in [0.717, 1.165) is 28.6 Å². The average Bonchev–Trinajstić information content (AvgIpc) is 2.85. The number of halogens is 2. The van der Waals surface area contributed by atoms with E-state index >= 15 is 0 Å². The van der Waals surface area contributed by atoms with Crippen LogP contribution in [0, 0.1) is 3.57 Å². The molecule has 0 saturated heterocycles. The second kappa shape index (κ2) is 5.42. The van der Waals surface area contributed by atoms with Gasteiger partial charge in [-0.05, 0) is 64.2 Å². The number of rotatable bonds is 1. The second-order valence-corrected chi connectivity index (χ2v) is 7.07. The number of benzene rings is 1. The molecule has 0 N–H and O–H groups in total. The monoisotopic (exact) mass is 403 g/mol. The van der Waals surface area contributed by atoms with Crippen LogP contribution in [0.2, 0.25) is 5.02 Å². The zero-order valence-electron chi connectivity index (χ0n) is 10.0. The number of fused-ring (bicyclic) bond motifs is 1. The lowest BCUT2D eigenvalue weighted by Crippen LogP contribution is -2.35. The summed E-state index contributed by atoms with van der Waals surface area (Å²) in [5.41, 5.74) is 2.03. The molecule has 0 aliphatic carbocycles. The molecule has 2 heterocycles. The van der Waals surface area contributed by atoms with Crippen LogP contribution in [0.15, 0.2) is 29.6 Å². The van der Waals surface area contributed by atoms with Gasteiger partial charge in [0.2, 0.25) is 0 Å². The molecule has 1 aromatic carbocycles. The summed E-state index contributed by atoms with van der Waals surface area (Å²) in [4.78, 5) is 15.9. The minimum Gasteiger partial charge on any atom is -0.334 e. The van der Waals surface area contributed by atoms with Crippen molar-refractivity contribution in [2.24, 2.45) is 0 Å². The summed E-state index contributed by atoms with van der Waals surface area (Å²) in [6.45, 7) is 1.52. The van der Waals surface area contributed by atoms with Gasteiger partial charge in [-0.1, -0.05) is 11.6 Å². The van der Waals surface area contributed by atoms with Gasteiger partial charge in [-0.2, -0.15) is 0 Å². The molecule has 2 nitrogen and oxygen atoms in total. The highest BCUT2D eigenvalue weighted by atomic mass is 127. The molecule has 0 saturated carbocycles. The van der Waals surface area contributed by atoms with E-state index in [4.69, 9.17) is 11.6 Å². The highest BCUT2D eigenvalue weighted by Crippen LogP contribution is 2.26. The van der Waals surface area contributed by atoms with Crippen molar-refractivity contribution in [3.8, 4) is 0 Å². The third kappa shape index (κ3) is 2.66. The minimum absolute atomic E-state index is 0.0953. The predicted octanol–water partition coefficient (Wildman–Crippen LogP) is 4.20. The van der Waals surface area contributed by atoms with Crippen LogP contribution in [0.1, 0.15) is 20.8 Å². The molecule has 3 rings (SSSR count). The molecule has 2 aromatic rings. The van der Waals surface area contributed by atoms with Gasteiger partial charge in [0.05, 0.1) is 5.56 Å². The molecule has 0 unspecified atom stereocenters. The van der Waals surface area contributed by atoms with Gasteiger partial charge < -0.3 is 4.90 Å². The first-order valence-corrected chi connectivity index (χ1v) is 8.28. The molecule has 1 aromatic heterocycles. The summed E-state index contributed by atoms with van der Waals surface area (Å²) in [6.07, 6.45) is 0.961. The Morgan fingerprint density at radius 3 is 3.00 bits per heavy atom. The largest absolute Gasteiger partial charge is 0.334 e. The van der Waals surface area contributed by atoms with Crippen LogP contribution in [0.3, 0.4) is 0 Å². The second-order valence-electron chi connectivity index (χ2n) is 4.47. The highest BCUT2D eigenvalue weighted by molar-refractivity contribution is 14.1. The van der Waals surface area contributed by atoms with E-state index in [1.165, 1.54) is 10.4 Å². The van der Waals surface area contributed by atoms with E-state index in [0.29, 0.717) is 5.02 Å². The van der Waals surface area contributed by atoms with Gasteiger partial charge in [-0.15, -0.1) is 11.3 Å². The summed E-state index contributed by atoms with van der Waals surface area (Å²) < 4.78 is 0.909. The van der Waals surface area contributed by atoms with Crippen molar-refractivity contribution in [1.82, 2.24) is 4.90 Å². The molecule has 98 valence electrons. The molecule has 0 atom stereocenters. The maximum Gasteiger partial charge on any atom is 0.255 e. The van der Waals surface area contributed by atoms with Gasteiger partial charge in [0.25, 0.3) is 5.91 Å². The van der Waals surface area contributed by atoms with Crippen LogP contribution in [0.5, 0.6) is 0 Å². The van der Waals surface area contributed by atoms with E-state index < -0.39 is 0 Å². The van der Waals surface area contributed by atoms with Gasteiger partial charge in [0, 0.05) is 26.6 Å². The number of nitrogens with zero attached hydrogens (tertiary/aromatic N) is 1. The fourth-order valence-electron chi connectivity index (χ4n) is 2.26. The first-order valence-electron chi connectivity index (χ1n) is 5.95. The van der Waals surface area contributed by atoms with Crippen LogP contribution in [0.25, 0.3) is 0 Å². The summed E-state index contributed by atoms with van der Waals surface area (Å²) >= 11 is 9.88. The Bertz CT molecular complexity index is 640. The maximum atomic E-state index is 12.5. The molecule has 0 radical (unpaired) electrons. The Morgan fingerprint density at radius 1 is 1.37 bits per heavy atom. The summed E-state index contributed by atoms with van der Waals surface area (Å²) in [7, 11) is 0. The quantitative estimate of drug-likeness (QED) is 0.653. The number of carbonyl (C=O) groups is 1. The minimum atomic E-state index is 0.0953. The molecule has 0 fully saturated rings. The van der Waals surface area contributed by atoms with Crippen LogP contribution >= 0.6 is 45.5 Å². The molecular weight excluding hydrogens is 393 g/mol. The van der Waals surface area contributed by atoms with Crippen molar-refractivity contribution in [2.45, 2.75) is 13.0 Å². The first kappa shape index (κ1) is 13.4. The van der Waals surface area contributed by atoms with E-state index in [9.17, 15) is 4.79 Å². The zero-order valence-corrected chi connectivity index (χ0v) is 13.8. The predicted molar refractivity (Wildman–Crippen MR) is 86.9 cm³/mol. The standard InChI is InChI=1S/C14H11ClINOS/c15-10-1-2-11(12(16)7-10)14(18)17-5-3-13-9(8-17)4-6-19-13/h1-2,4,6-7H,3,5,8H2. The van der Waals surface area contributed by atoms with Crippen LogP contribution in [0.4, 0.5) is 0 Å². The Kier molecular flexibility index (Phi) is 3.82. The smallest absolute Gasteiger partial charge is 0.255 e. The summed E-state index contributed by atoms with van der Waals surface area (Å²) in [6, 6.07) is 7.54. The van der Waals surface area contributed by atoms with Gasteiger partial charge in [-0.25, -0.2) is 0 Å². The topological polar surface area (TPSA) is 20.3 Å². The SMILES string of the molecule is O=C(c1ccc(Cl)cc1I)N1CCc2sccc2C1. The number of thiophene rings is 1. The lowest BCUT2D eigenvalue weighted by molar-refractivity contribution is 0.0735. The van der Waals surface area contributed by atoms with Crippen LogP contribution in [-0.2, 0) is 13.0 Å². The number of carbonyl (C=O) groups excluding carboxylic acids is 1. The molecule has 1 amide bonds. The first-order chi connectivity index (χ1) is 9.15. The normalized spacial score (nSPS) is 14.3. The molecule has 0 bridgehead atoms. The zero-order chi connectivity index (χ0) is 13.4. The van der Waals surface area contributed by atoms with E-state index in [2.05, 4.69) is 34.0 Å². The molecule has 19 heavy (non-hydrogen) atoms. The van der Waals surface area contributed by atoms with Gasteiger partial charge in [0.15, 0.2) is 0 Å². The number of hydrogen-bond acceptors (Lipinski definition) is 2. The van der Waals surface area contributed by atoms with Gasteiger partial charge in [0.1, 0.15) is 0 Å². The van der Waals surface area contributed by atoms with Crippen molar-refractivity contribution < 1.29 is 4.79 Å². The molecular formula is C14H11ClINOS. The molecule has 0 spiro atoms. The number of amides is 1. The Morgan fingerprint density at radius 2 is 2.21 bits per heavy atom.